The number of likely N-dealkylation sites (N-methyl/N-ethyl adjacent to an activating group) is 1. The van der Waals surface area contributed by atoms with Crippen molar-refractivity contribution in [2.45, 2.75) is 25.6 Å². The van der Waals surface area contributed by atoms with Gasteiger partial charge in [0, 0.05) is 24.8 Å². The van der Waals surface area contributed by atoms with Gasteiger partial charge in [-0.15, -0.1) is 0 Å². The summed E-state index contributed by atoms with van der Waals surface area (Å²) in [5.74, 6) is 0.677. The number of rotatable bonds is 6. The SMILES string of the molecule is CN(C)CC(C)(O)c1ccc2c(c1)CN(C(=O)c1cnn(Cc3ccccc3)c1)CCO2. The fourth-order valence-electron chi connectivity index (χ4n) is 4.12. The van der Waals surface area contributed by atoms with Crippen molar-refractivity contribution < 1.29 is 14.6 Å². The van der Waals surface area contributed by atoms with Crippen LogP contribution in [-0.4, -0.2) is 64.4 Å². The van der Waals surface area contributed by atoms with Gasteiger partial charge < -0.3 is 19.6 Å². The smallest absolute Gasteiger partial charge is 0.257 e. The molecule has 1 aromatic heterocycles. The zero-order valence-corrected chi connectivity index (χ0v) is 18.9. The van der Waals surface area contributed by atoms with Gasteiger partial charge in [-0.2, -0.15) is 5.10 Å². The lowest BCUT2D eigenvalue weighted by molar-refractivity contribution is 0.0299. The molecule has 2 aromatic carbocycles. The molecule has 0 radical (unpaired) electrons. The van der Waals surface area contributed by atoms with Crippen LogP contribution in [0.15, 0.2) is 60.9 Å². The molecule has 0 fully saturated rings. The van der Waals surface area contributed by atoms with Crippen LogP contribution in [-0.2, 0) is 18.7 Å². The summed E-state index contributed by atoms with van der Waals surface area (Å²) in [5, 5.41) is 15.3. The van der Waals surface area contributed by atoms with Crippen LogP contribution in [0.5, 0.6) is 5.75 Å². The molecule has 0 saturated carbocycles. The molecule has 168 valence electrons. The average Bonchev–Trinajstić information content (AvgIpc) is 3.10. The van der Waals surface area contributed by atoms with E-state index in [1.54, 1.807) is 28.9 Å². The Morgan fingerprint density at radius 3 is 2.75 bits per heavy atom. The van der Waals surface area contributed by atoms with E-state index in [0.717, 1.165) is 22.4 Å². The van der Waals surface area contributed by atoms with Gasteiger partial charge in [0.25, 0.3) is 5.91 Å². The Labute approximate surface area is 188 Å². The van der Waals surface area contributed by atoms with Crippen molar-refractivity contribution in [3.63, 3.8) is 0 Å². The third kappa shape index (κ3) is 5.00. The molecule has 32 heavy (non-hydrogen) atoms. The maximum atomic E-state index is 13.2. The molecular weight excluding hydrogens is 404 g/mol. The average molecular weight is 435 g/mol. The van der Waals surface area contributed by atoms with E-state index >= 15 is 0 Å². The molecule has 0 aliphatic carbocycles. The molecule has 1 N–H and O–H groups in total. The van der Waals surface area contributed by atoms with Crippen molar-refractivity contribution >= 4 is 5.91 Å². The molecule has 2 heterocycles. The number of aliphatic hydroxyl groups is 1. The molecule has 1 amide bonds. The zero-order chi connectivity index (χ0) is 22.7. The molecule has 1 aliphatic rings. The topological polar surface area (TPSA) is 70.8 Å². The molecule has 1 atom stereocenters. The van der Waals surface area contributed by atoms with Gasteiger partial charge in [0.2, 0.25) is 0 Å². The van der Waals surface area contributed by atoms with E-state index in [2.05, 4.69) is 5.10 Å². The fourth-order valence-corrected chi connectivity index (χ4v) is 4.12. The Hall–Kier alpha value is -3.16. The van der Waals surface area contributed by atoms with Crippen LogP contribution in [0.25, 0.3) is 0 Å². The van der Waals surface area contributed by atoms with E-state index < -0.39 is 5.60 Å². The first kappa shape index (κ1) is 22.0. The Morgan fingerprint density at radius 2 is 2.00 bits per heavy atom. The Balaban J connectivity index is 1.51. The number of ether oxygens (including phenoxy) is 1. The maximum absolute atomic E-state index is 13.2. The Bertz CT molecular complexity index is 1080. The van der Waals surface area contributed by atoms with Crippen molar-refractivity contribution in [3.05, 3.63) is 83.2 Å². The second kappa shape index (κ2) is 9.14. The highest BCUT2D eigenvalue weighted by atomic mass is 16.5. The highest BCUT2D eigenvalue weighted by Gasteiger charge is 2.27. The quantitative estimate of drug-likeness (QED) is 0.646. The van der Waals surface area contributed by atoms with Gasteiger partial charge in [-0.25, -0.2) is 0 Å². The third-order valence-corrected chi connectivity index (χ3v) is 5.64. The number of carbonyl (C=O) groups is 1. The minimum atomic E-state index is -1.00. The summed E-state index contributed by atoms with van der Waals surface area (Å²) in [6.45, 7) is 4.24. The first-order valence-electron chi connectivity index (χ1n) is 10.8. The molecule has 7 nitrogen and oxygen atoms in total. The minimum Gasteiger partial charge on any atom is -0.491 e. The molecule has 0 saturated heterocycles. The van der Waals surface area contributed by atoms with Crippen LogP contribution in [0.2, 0.25) is 0 Å². The van der Waals surface area contributed by atoms with Crippen molar-refractivity contribution in [1.82, 2.24) is 19.6 Å². The van der Waals surface area contributed by atoms with E-state index in [9.17, 15) is 9.90 Å². The van der Waals surface area contributed by atoms with Gasteiger partial charge >= 0.3 is 0 Å². The number of nitrogens with zero attached hydrogens (tertiary/aromatic N) is 4. The van der Waals surface area contributed by atoms with Crippen molar-refractivity contribution in [2.75, 3.05) is 33.8 Å². The first-order valence-corrected chi connectivity index (χ1v) is 10.8. The number of aromatic nitrogens is 2. The molecule has 0 spiro atoms. The van der Waals surface area contributed by atoms with Gasteiger partial charge in [0.15, 0.2) is 0 Å². The zero-order valence-electron chi connectivity index (χ0n) is 18.9. The molecular formula is C25H30N4O3. The van der Waals surface area contributed by atoms with Crippen LogP contribution >= 0.6 is 0 Å². The summed E-state index contributed by atoms with van der Waals surface area (Å²) in [6.07, 6.45) is 3.41. The molecule has 7 heteroatoms. The van der Waals surface area contributed by atoms with Gasteiger partial charge in [-0.1, -0.05) is 36.4 Å². The second-order valence-corrected chi connectivity index (χ2v) is 8.82. The van der Waals surface area contributed by atoms with Crippen LogP contribution < -0.4 is 4.74 Å². The number of fused-ring (bicyclic) bond motifs is 1. The molecule has 3 aromatic rings. The number of amides is 1. The van der Waals surface area contributed by atoms with Crippen LogP contribution in [0.3, 0.4) is 0 Å². The number of carbonyl (C=O) groups excluding carboxylic acids is 1. The Morgan fingerprint density at radius 1 is 1.22 bits per heavy atom. The highest BCUT2D eigenvalue weighted by Crippen LogP contribution is 2.30. The van der Waals surface area contributed by atoms with Gasteiger partial charge in [0.05, 0.1) is 30.5 Å². The summed E-state index contributed by atoms with van der Waals surface area (Å²) in [7, 11) is 3.86. The van der Waals surface area contributed by atoms with E-state index in [1.807, 2.05) is 67.5 Å². The lowest BCUT2D eigenvalue weighted by Crippen LogP contribution is -2.35. The van der Waals surface area contributed by atoms with Crippen LogP contribution in [0.4, 0.5) is 0 Å². The third-order valence-electron chi connectivity index (χ3n) is 5.64. The summed E-state index contributed by atoms with van der Waals surface area (Å²) in [4.78, 5) is 16.9. The van der Waals surface area contributed by atoms with Crippen LogP contribution in [0, 0.1) is 0 Å². The van der Waals surface area contributed by atoms with E-state index in [0.29, 0.717) is 38.3 Å². The van der Waals surface area contributed by atoms with Gasteiger partial charge in [-0.05, 0) is 44.3 Å². The van der Waals surface area contributed by atoms with Crippen LogP contribution in [0.1, 0.15) is 34.0 Å². The molecule has 4 rings (SSSR count). The lowest BCUT2D eigenvalue weighted by Gasteiger charge is -2.28. The van der Waals surface area contributed by atoms with Crippen molar-refractivity contribution in [2.24, 2.45) is 0 Å². The molecule has 0 bridgehead atoms. The summed E-state index contributed by atoms with van der Waals surface area (Å²) in [5.41, 5.74) is 2.38. The predicted octanol–water partition coefficient (Wildman–Crippen LogP) is 2.74. The van der Waals surface area contributed by atoms with E-state index in [-0.39, 0.29) is 5.91 Å². The maximum Gasteiger partial charge on any atom is 0.257 e. The normalized spacial score (nSPS) is 15.6. The second-order valence-electron chi connectivity index (χ2n) is 8.82. The fraction of sp³-hybridized carbons (Fsp3) is 0.360. The predicted molar refractivity (Wildman–Crippen MR) is 123 cm³/mol. The standard InChI is InChI=1S/C25H30N4O3/c1-25(31,18-27(2)3)22-9-10-23-20(13-22)16-28(11-12-32-23)24(30)21-14-26-29(17-21)15-19-7-5-4-6-8-19/h4-10,13-14,17,31H,11-12,15-16,18H2,1-3H3. The Kier molecular flexibility index (Phi) is 6.30. The highest BCUT2D eigenvalue weighted by molar-refractivity contribution is 5.93. The van der Waals surface area contributed by atoms with Crippen molar-refractivity contribution in [3.8, 4) is 5.75 Å². The van der Waals surface area contributed by atoms with Gasteiger partial charge in [-0.3, -0.25) is 9.48 Å². The lowest BCUT2D eigenvalue weighted by atomic mass is 9.93. The van der Waals surface area contributed by atoms with E-state index in [1.165, 1.54) is 0 Å². The monoisotopic (exact) mass is 434 g/mol. The number of hydrogen-bond acceptors (Lipinski definition) is 5. The summed E-state index contributed by atoms with van der Waals surface area (Å²) in [6, 6.07) is 15.8. The minimum absolute atomic E-state index is 0.0776. The molecule has 1 unspecified atom stereocenters. The largest absolute Gasteiger partial charge is 0.491 e. The molecule has 1 aliphatic heterocycles. The number of benzene rings is 2. The summed E-state index contributed by atoms with van der Waals surface area (Å²) >= 11 is 0. The number of hydrogen-bond donors (Lipinski definition) is 1. The van der Waals surface area contributed by atoms with Gasteiger partial charge in [0.1, 0.15) is 12.4 Å². The first-order chi connectivity index (χ1) is 15.3. The van der Waals surface area contributed by atoms with E-state index in [4.69, 9.17) is 4.74 Å². The summed E-state index contributed by atoms with van der Waals surface area (Å²) < 4.78 is 7.67. The van der Waals surface area contributed by atoms with Crippen molar-refractivity contribution in [1.29, 1.82) is 0 Å².